The van der Waals surface area contributed by atoms with Gasteiger partial charge in [0.2, 0.25) is 22.8 Å². The molecule has 7 nitrogen and oxygen atoms in total. The van der Waals surface area contributed by atoms with Gasteiger partial charge >= 0.3 is 0 Å². The largest absolute Gasteiger partial charge is 0.339 e. The van der Waals surface area contributed by atoms with Crippen molar-refractivity contribution in [3.8, 4) is 11.4 Å². The second-order valence-corrected chi connectivity index (χ2v) is 6.72. The summed E-state index contributed by atoms with van der Waals surface area (Å²) >= 11 is 7.50. The molecule has 3 rings (SSSR count). The van der Waals surface area contributed by atoms with Gasteiger partial charge in [-0.25, -0.2) is 0 Å². The molecule has 0 aliphatic rings. The van der Waals surface area contributed by atoms with Crippen LogP contribution in [0.15, 0.2) is 28.8 Å². The lowest BCUT2D eigenvalue weighted by Gasteiger charge is -1.99. The number of aryl methyl sites for hydroxylation is 2. The first kappa shape index (κ1) is 17.5. The molecular weight excluding hydrogens is 362 g/mol. The third kappa shape index (κ3) is 4.61. The Morgan fingerprint density at radius 2 is 2.16 bits per heavy atom. The zero-order valence-electron chi connectivity index (χ0n) is 13.5. The molecule has 1 amide bonds. The Kier molecular flexibility index (Phi) is 5.72. The summed E-state index contributed by atoms with van der Waals surface area (Å²) in [6.45, 7) is 1.99. The standard InChI is InChI=1S/C16H16ClN5O2S/c1-2-14-20-21-16(25-14)18-12(23)8-5-9-13-19-15(22-24-13)10-6-3-4-7-11(10)17/h3-4,6-7H,2,5,8-9H2,1H3,(H,18,21,23). The van der Waals surface area contributed by atoms with Crippen molar-refractivity contribution in [2.24, 2.45) is 0 Å². The lowest BCUT2D eigenvalue weighted by atomic mass is 10.2. The molecule has 0 aliphatic heterocycles. The lowest BCUT2D eigenvalue weighted by Crippen LogP contribution is -2.11. The van der Waals surface area contributed by atoms with Gasteiger partial charge in [0.05, 0.1) is 5.02 Å². The number of carbonyl (C=O) groups excluding carboxylic acids is 1. The normalized spacial score (nSPS) is 10.8. The van der Waals surface area contributed by atoms with Gasteiger partial charge in [0, 0.05) is 18.4 Å². The molecule has 2 heterocycles. The summed E-state index contributed by atoms with van der Waals surface area (Å²) in [6, 6.07) is 7.30. The van der Waals surface area contributed by atoms with Crippen LogP contribution in [0.5, 0.6) is 0 Å². The summed E-state index contributed by atoms with van der Waals surface area (Å²) < 4.78 is 5.22. The summed E-state index contributed by atoms with van der Waals surface area (Å²) in [6.07, 6.45) is 2.25. The molecule has 0 fully saturated rings. The average molecular weight is 378 g/mol. The molecule has 0 saturated heterocycles. The van der Waals surface area contributed by atoms with Crippen molar-refractivity contribution in [1.82, 2.24) is 20.3 Å². The quantitative estimate of drug-likeness (QED) is 0.673. The van der Waals surface area contributed by atoms with Crippen molar-refractivity contribution in [3.63, 3.8) is 0 Å². The molecule has 2 aromatic heterocycles. The smallest absolute Gasteiger partial charge is 0.226 e. The van der Waals surface area contributed by atoms with Crippen LogP contribution in [0.1, 0.15) is 30.7 Å². The second kappa shape index (κ2) is 8.17. The number of rotatable bonds is 7. The van der Waals surface area contributed by atoms with E-state index in [0.717, 1.165) is 17.0 Å². The first-order valence-corrected chi connectivity index (χ1v) is 9.05. The van der Waals surface area contributed by atoms with Crippen LogP contribution in [0.2, 0.25) is 5.02 Å². The van der Waals surface area contributed by atoms with E-state index >= 15 is 0 Å². The van der Waals surface area contributed by atoms with Gasteiger partial charge in [0.15, 0.2) is 0 Å². The zero-order valence-corrected chi connectivity index (χ0v) is 15.1. The molecule has 0 bridgehead atoms. The van der Waals surface area contributed by atoms with Crippen LogP contribution in [-0.4, -0.2) is 26.2 Å². The van der Waals surface area contributed by atoms with E-state index in [2.05, 4.69) is 25.7 Å². The minimum absolute atomic E-state index is 0.107. The van der Waals surface area contributed by atoms with Crippen molar-refractivity contribution in [3.05, 3.63) is 40.2 Å². The number of nitrogens with one attached hydrogen (secondary N) is 1. The van der Waals surface area contributed by atoms with Gasteiger partial charge in [-0.05, 0) is 25.0 Å². The molecule has 3 aromatic rings. The van der Waals surface area contributed by atoms with E-state index in [1.165, 1.54) is 11.3 Å². The average Bonchev–Trinajstić information content (AvgIpc) is 3.25. The van der Waals surface area contributed by atoms with Gasteiger partial charge in [0.1, 0.15) is 5.01 Å². The number of hydrogen-bond acceptors (Lipinski definition) is 7. The van der Waals surface area contributed by atoms with Crippen LogP contribution in [0, 0.1) is 0 Å². The lowest BCUT2D eigenvalue weighted by molar-refractivity contribution is -0.116. The molecular formula is C16H16ClN5O2S. The van der Waals surface area contributed by atoms with E-state index in [1.54, 1.807) is 6.07 Å². The maximum Gasteiger partial charge on any atom is 0.226 e. The number of benzene rings is 1. The Bertz CT molecular complexity index is 864. The van der Waals surface area contributed by atoms with Gasteiger partial charge in [-0.1, -0.05) is 47.2 Å². The summed E-state index contributed by atoms with van der Waals surface area (Å²) in [5.74, 6) is 0.822. The molecule has 0 unspecified atom stereocenters. The van der Waals surface area contributed by atoms with Gasteiger partial charge < -0.3 is 9.84 Å². The maximum absolute atomic E-state index is 11.9. The van der Waals surface area contributed by atoms with Crippen LogP contribution in [0.4, 0.5) is 5.13 Å². The molecule has 0 spiro atoms. The third-order valence-corrected chi connectivity index (χ3v) is 4.71. The molecule has 25 heavy (non-hydrogen) atoms. The molecule has 0 aliphatic carbocycles. The number of nitrogens with zero attached hydrogens (tertiary/aromatic N) is 4. The van der Waals surface area contributed by atoms with Crippen molar-refractivity contribution in [2.45, 2.75) is 32.6 Å². The number of hydrogen-bond donors (Lipinski definition) is 1. The fourth-order valence-electron chi connectivity index (χ4n) is 2.14. The highest BCUT2D eigenvalue weighted by Crippen LogP contribution is 2.25. The van der Waals surface area contributed by atoms with E-state index in [4.69, 9.17) is 16.1 Å². The van der Waals surface area contributed by atoms with E-state index < -0.39 is 0 Å². The Morgan fingerprint density at radius 3 is 2.92 bits per heavy atom. The highest BCUT2D eigenvalue weighted by Gasteiger charge is 2.12. The Balaban J connectivity index is 1.49. The van der Waals surface area contributed by atoms with Gasteiger partial charge in [-0.3, -0.25) is 4.79 Å². The monoisotopic (exact) mass is 377 g/mol. The number of anilines is 1. The molecule has 1 aromatic carbocycles. The molecule has 1 N–H and O–H groups in total. The first-order valence-electron chi connectivity index (χ1n) is 7.85. The number of amides is 1. The highest BCUT2D eigenvalue weighted by molar-refractivity contribution is 7.15. The Hall–Kier alpha value is -2.32. The van der Waals surface area contributed by atoms with Gasteiger partial charge in [0.25, 0.3) is 0 Å². The summed E-state index contributed by atoms with van der Waals surface area (Å²) in [4.78, 5) is 16.2. The fraction of sp³-hybridized carbons (Fsp3) is 0.312. The number of aromatic nitrogens is 4. The molecule has 0 saturated carbocycles. The predicted molar refractivity (Wildman–Crippen MR) is 95.6 cm³/mol. The van der Waals surface area contributed by atoms with E-state index in [1.807, 2.05) is 25.1 Å². The van der Waals surface area contributed by atoms with Crippen LogP contribution in [0.25, 0.3) is 11.4 Å². The van der Waals surface area contributed by atoms with Crippen LogP contribution >= 0.6 is 22.9 Å². The number of halogens is 1. The predicted octanol–water partition coefficient (Wildman–Crippen LogP) is 3.77. The minimum Gasteiger partial charge on any atom is -0.339 e. The van der Waals surface area contributed by atoms with Crippen LogP contribution in [-0.2, 0) is 17.6 Å². The van der Waals surface area contributed by atoms with Gasteiger partial charge in [-0.15, -0.1) is 10.2 Å². The van der Waals surface area contributed by atoms with Crippen molar-refractivity contribution < 1.29 is 9.32 Å². The molecule has 0 atom stereocenters. The molecule has 0 radical (unpaired) electrons. The van der Waals surface area contributed by atoms with Crippen molar-refractivity contribution in [1.29, 1.82) is 0 Å². The third-order valence-electron chi connectivity index (χ3n) is 3.39. The van der Waals surface area contributed by atoms with E-state index in [0.29, 0.717) is 41.1 Å². The first-order chi connectivity index (χ1) is 12.2. The van der Waals surface area contributed by atoms with E-state index in [-0.39, 0.29) is 5.91 Å². The van der Waals surface area contributed by atoms with E-state index in [9.17, 15) is 4.79 Å². The summed E-state index contributed by atoms with van der Waals surface area (Å²) in [7, 11) is 0. The summed E-state index contributed by atoms with van der Waals surface area (Å²) in [5, 5.41) is 16.6. The maximum atomic E-state index is 11.9. The minimum atomic E-state index is -0.107. The highest BCUT2D eigenvalue weighted by atomic mass is 35.5. The zero-order chi connectivity index (χ0) is 17.6. The topological polar surface area (TPSA) is 93.8 Å². The number of carbonyl (C=O) groups is 1. The second-order valence-electron chi connectivity index (χ2n) is 5.25. The summed E-state index contributed by atoms with van der Waals surface area (Å²) in [5.41, 5.74) is 0.722. The SMILES string of the molecule is CCc1nnc(NC(=O)CCCc2nc(-c3ccccc3Cl)no2)s1. The van der Waals surface area contributed by atoms with Crippen molar-refractivity contribution >= 4 is 34.0 Å². The Labute approximate surface area is 153 Å². The molecule has 130 valence electrons. The van der Waals surface area contributed by atoms with Crippen molar-refractivity contribution in [2.75, 3.05) is 5.32 Å². The van der Waals surface area contributed by atoms with Crippen LogP contribution < -0.4 is 5.32 Å². The van der Waals surface area contributed by atoms with Gasteiger partial charge in [-0.2, -0.15) is 4.98 Å². The molecule has 9 heteroatoms. The Morgan fingerprint density at radius 1 is 1.32 bits per heavy atom. The van der Waals surface area contributed by atoms with Crippen LogP contribution in [0.3, 0.4) is 0 Å². The fourth-order valence-corrected chi connectivity index (χ4v) is 3.05.